The first kappa shape index (κ1) is 17.5. The Morgan fingerprint density at radius 3 is 2.42 bits per heavy atom. The van der Waals surface area contributed by atoms with Gasteiger partial charge in [-0.15, -0.1) is 0 Å². The predicted octanol–water partition coefficient (Wildman–Crippen LogP) is 3.38. The van der Waals surface area contributed by atoms with Crippen molar-refractivity contribution in [2.75, 3.05) is 18.1 Å². The van der Waals surface area contributed by atoms with E-state index in [1.807, 2.05) is 37.3 Å². The maximum Gasteiger partial charge on any atom is 0.323 e. The highest BCUT2D eigenvalue weighted by atomic mass is 16.5. The van der Waals surface area contributed by atoms with E-state index in [0.717, 1.165) is 11.3 Å². The molecule has 5 heteroatoms. The molecule has 126 valence electrons. The Bertz CT molecular complexity index is 713. The number of carbonyl (C=O) groups excluding carboxylic acids is 1. The van der Waals surface area contributed by atoms with Crippen LogP contribution in [0.5, 0.6) is 5.75 Å². The minimum absolute atomic E-state index is 0.0382. The lowest BCUT2D eigenvalue weighted by molar-refractivity contribution is -0.135. The molecular formula is C19H21NO4. The molecular weight excluding hydrogens is 306 g/mol. The van der Waals surface area contributed by atoms with Gasteiger partial charge in [0, 0.05) is 23.4 Å². The standard InChI is InChI=1S/C19H21NO4/c1-3-24-18-10-9-15(14(2)21)11-16(18)12-20(13-19(22)23)17-7-5-4-6-8-17/h4-11H,3,12-13H2,1-2H3,(H,22,23). The number of para-hydroxylation sites is 1. The number of ketones is 1. The van der Waals surface area contributed by atoms with E-state index in [2.05, 4.69) is 0 Å². The SMILES string of the molecule is CCOc1ccc(C(C)=O)cc1CN(CC(=O)O)c1ccccc1. The summed E-state index contributed by atoms with van der Waals surface area (Å²) in [7, 11) is 0. The number of hydrogen-bond donors (Lipinski definition) is 1. The molecule has 0 aliphatic carbocycles. The summed E-state index contributed by atoms with van der Waals surface area (Å²) in [6.07, 6.45) is 0. The Hall–Kier alpha value is -2.82. The van der Waals surface area contributed by atoms with E-state index >= 15 is 0 Å². The van der Waals surface area contributed by atoms with Crippen LogP contribution in [0.4, 0.5) is 5.69 Å². The molecule has 0 heterocycles. The van der Waals surface area contributed by atoms with E-state index in [-0.39, 0.29) is 12.3 Å². The summed E-state index contributed by atoms with van der Waals surface area (Å²) in [5, 5.41) is 9.21. The summed E-state index contributed by atoms with van der Waals surface area (Å²) in [4.78, 5) is 24.6. The largest absolute Gasteiger partial charge is 0.494 e. The average molecular weight is 327 g/mol. The van der Waals surface area contributed by atoms with Gasteiger partial charge in [0.1, 0.15) is 12.3 Å². The first-order valence-corrected chi connectivity index (χ1v) is 7.79. The Morgan fingerprint density at radius 1 is 1.12 bits per heavy atom. The number of rotatable bonds is 8. The molecule has 0 aliphatic rings. The first-order valence-electron chi connectivity index (χ1n) is 7.79. The van der Waals surface area contributed by atoms with Crippen molar-refractivity contribution < 1.29 is 19.4 Å². The van der Waals surface area contributed by atoms with E-state index in [0.29, 0.717) is 24.5 Å². The number of hydrogen-bond acceptors (Lipinski definition) is 4. The second kappa shape index (κ2) is 8.15. The number of nitrogens with zero attached hydrogens (tertiary/aromatic N) is 1. The second-order valence-corrected chi connectivity index (χ2v) is 5.40. The van der Waals surface area contributed by atoms with Gasteiger partial charge in [-0.2, -0.15) is 0 Å². The fourth-order valence-corrected chi connectivity index (χ4v) is 2.46. The smallest absolute Gasteiger partial charge is 0.323 e. The van der Waals surface area contributed by atoms with Crippen molar-refractivity contribution in [2.24, 2.45) is 0 Å². The zero-order chi connectivity index (χ0) is 17.5. The van der Waals surface area contributed by atoms with E-state index in [1.54, 1.807) is 23.1 Å². The summed E-state index contributed by atoms with van der Waals surface area (Å²) in [5.74, 6) is -0.294. The second-order valence-electron chi connectivity index (χ2n) is 5.40. The lowest BCUT2D eigenvalue weighted by Gasteiger charge is -2.24. The maximum absolute atomic E-state index is 11.7. The van der Waals surface area contributed by atoms with Gasteiger partial charge in [0.25, 0.3) is 0 Å². The van der Waals surface area contributed by atoms with Gasteiger partial charge in [-0.3, -0.25) is 9.59 Å². The molecule has 0 saturated carbocycles. The fraction of sp³-hybridized carbons (Fsp3) is 0.263. The van der Waals surface area contributed by atoms with Crippen molar-refractivity contribution in [1.82, 2.24) is 0 Å². The Labute approximate surface area is 141 Å². The van der Waals surface area contributed by atoms with Gasteiger partial charge in [0.15, 0.2) is 5.78 Å². The van der Waals surface area contributed by atoms with Crippen LogP contribution in [-0.4, -0.2) is 30.0 Å². The molecule has 24 heavy (non-hydrogen) atoms. The van der Waals surface area contributed by atoms with Crippen molar-refractivity contribution in [2.45, 2.75) is 20.4 Å². The number of carboxylic acid groups (broad SMARTS) is 1. The van der Waals surface area contributed by atoms with Gasteiger partial charge in [-0.25, -0.2) is 0 Å². The van der Waals surface area contributed by atoms with Gasteiger partial charge in [-0.05, 0) is 44.2 Å². The number of Topliss-reactive ketones (excluding diaryl/α,β-unsaturated/α-hetero) is 1. The number of carbonyl (C=O) groups is 2. The predicted molar refractivity (Wildman–Crippen MR) is 92.7 cm³/mol. The maximum atomic E-state index is 11.7. The van der Waals surface area contributed by atoms with Crippen molar-refractivity contribution >= 4 is 17.4 Å². The number of carboxylic acids is 1. The number of anilines is 1. The first-order chi connectivity index (χ1) is 11.5. The van der Waals surface area contributed by atoms with Crippen molar-refractivity contribution in [3.05, 3.63) is 59.7 Å². The third-order valence-corrected chi connectivity index (χ3v) is 3.58. The van der Waals surface area contributed by atoms with E-state index < -0.39 is 5.97 Å². The summed E-state index contributed by atoms with van der Waals surface area (Å²) in [6, 6.07) is 14.6. The van der Waals surface area contributed by atoms with Crippen LogP contribution < -0.4 is 9.64 Å². The van der Waals surface area contributed by atoms with Crippen LogP contribution in [0.1, 0.15) is 29.8 Å². The molecule has 0 unspecified atom stereocenters. The third-order valence-electron chi connectivity index (χ3n) is 3.58. The van der Waals surface area contributed by atoms with Crippen LogP contribution in [0.3, 0.4) is 0 Å². The summed E-state index contributed by atoms with van der Waals surface area (Å²) in [6.45, 7) is 4.09. The molecule has 0 radical (unpaired) electrons. The monoisotopic (exact) mass is 327 g/mol. The van der Waals surface area contributed by atoms with Crippen LogP contribution in [0.25, 0.3) is 0 Å². The molecule has 0 aromatic heterocycles. The van der Waals surface area contributed by atoms with E-state index in [9.17, 15) is 14.7 Å². The summed E-state index contributed by atoms with van der Waals surface area (Å²) < 4.78 is 5.63. The molecule has 5 nitrogen and oxygen atoms in total. The molecule has 0 fully saturated rings. The lowest BCUT2D eigenvalue weighted by atomic mass is 10.1. The zero-order valence-electron chi connectivity index (χ0n) is 13.9. The van der Waals surface area contributed by atoms with Crippen LogP contribution in [0, 0.1) is 0 Å². The van der Waals surface area contributed by atoms with Gasteiger partial charge in [0.2, 0.25) is 0 Å². The Kier molecular flexibility index (Phi) is 5.95. The van der Waals surface area contributed by atoms with Crippen LogP contribution in [0.15, 0.2) is 48.5 Å². The molecule has 0 amide bonds. The van der Waals surface area contributed by atoms with E-state index in [4.69, 9.17) is 4.74 Å². The molecule has 1 N–H and O–H groups in total. The quantitative estimate of drug-likeness (QED) is 0.753. The van der Waals surface area contributed by atoms with Gasteiger partial charge in [-0.1, -0.05) is 18.2 Å². The highest BCUT2D eigenvalue weighted by Crippen LogP contribution is 2.25. The minimum atomic E-state index is -0.917. The minimum Gasteiger partial charge on any atom is -0.494 e. The Morgan fingerprint density at radius 2 is 1.83 bits per heavy atom. The molecule has 2 aromatic rings. The van der Waals surface area contributed by atoms with Crippen LogP contribution in [0.2, 0.25) is 0 Å². The topological polar surface area (TPSA) is 66.8 Å². The normalized spacial score (nSPS) is 10.2. The highest BCUT2D eigenvalue weighted by Gasteiger charge is 2.15. The molecule has 0 atom stereocenters. The van der Waals surface area contributed by atoms with Gasteiger partial charge < -0.3 is 14.7 Å². The Balaban J connectivity index is 2.38. The fourth-order valence-electron chi connectivity index (χ4n) is 2.46. The number of benzene rings is 2. The summed E-state index contributed by atoms with van der Waals surface area (Å²) >= 11 is 0. The number of ether oxygens (including phenoxy) is 1. The van der Waals surface area contributed by atoms with E-state index in [1.165, 1.54) is 6.92 Å². The molecule has 2 rings (SSSR count). The lowest BCUT2D eigenvalue weighted by Crippen LogP contribution is -2.29. The number of aliphatic carboxylic acids is 1. The molecule has 0 aliphatic heterocycles. The average Bonchev–Trinajstić information content (AvgIpc) is 2.56. The van der Waals surface area contributed by atoms with Gasteiger partial charge in [0.05, 0.1) is 6.61 Å². The molecule has 0 spiro atoms. The van der Waals surface area contributed by atoms with Crippen LogP contribution in [-0.2, 0) is 11.3 Å². The van der Waals surface area contributed by atoms with Crippen molar-refractivity contribution in [1.29, 1.82) is 0 Å². The molecule has 0 saturated heterocycles. The van der Waals surface area contributed by atoms with Gasteiger partial charge >= 0.3 is 5.97 Å². The van der Waals surface area contributed by atoms with Crippen LogP contribution >= 0.6 is 0 Å². The van der Waals surface area contributed by atoms with Crippen molar-refractivity contribution in [3.63, 3.8) is 0 Å². The molecule has 2 aromatic carbocycles. The molecule has 0 bridgehead atoms. The zero-order valence-corrected chi connectivity index (χ0v) is 13.9. The highest BCUT2D eigenvalue weighted by molar-refractivity contribution is 5.94. The van der Waals surface area contributed by atoms with Crippen molar-refractivity contribution in [3.8, 4) is 5.75 Å². The summed E-state index contributed by atoms with van der Waals surface area (Å²) in [5.41, 5.74) is 2.17. The third kappa shape index (κ3) is 4.59.